The van der Waals surface area contributed by atoms with Gasteiger partial charge in [-0.1, -0.05) is 18.1 Å². The molecule has 0 aliphatic carbocycles. The molecule has 3 rings (SSSR count). The maximum Gasteiger partial charge on any atom is 0.317 e. The fourth-order valence-corrected chi connectivity index (χ4v) is 2.93. The Bertz CT molecular complexity index is 737. The van der Waals surface area contributed by atoms with Crippen LogP contribution in [0.2, 0.25) is 0 Å². The standard InChI is InChI=1S/C18H23FN4O3/c1-2-16-21-17(26-22-16)10-20-18(24)23-8-4-5-13(11-23)12-25-15-7-3-6-14(19)9-15/h3,6-7,9,13H,2,4-5,8,10-12H2,1H3,(H,20,24)/t13-/m0/s1. The zero-order chi connectivity index (χ0) is 18.4. The van der Waals surface area contributed by atoms with Crippen LogP contribution in [0.1, 0.15) is 31.5 Å². The highest BCUT2D eigenvalue weighted by atomic mass is 19.1. The molecule has 1 aromatic heterocycles. The SMILES string of the molecule is CCc1noc(CNC(=O)N2CCC[C@H](COc3cccc(F)c3)C2)n1. The number of hydrogen-bond donors (Lipinski definition) is 1. The van der Waals surface area contributed by atoms with E-state index in [1.807, 2.05) is 6.92 Å². The summed E-state index contributed by atoms with van der Waals surface area (Å²) in [5.74, 6) is 1.43. The predicted molar refractivity (Wildman–Crippen MR) is 92.1 cm³/mol. The second kappa shape index (κ2) is 8.64. The predicted octanol–water partition coefficient (Wildman–Crippen LogP) is 2.77. The molecule has 0 radical (unpaired) electrons. The minimum absolute atomic E-state index is 0.156. The summed E-state index contributed by atoms with van der Waals surface area (Å²) in [6.07, 6.45) is 2.57. The van der Waals surface area contributed by atoms with Crippen molar-refractivity contribution in [2.45, 2.75) is 32.7 Å². The molecule has 1 atom stereocenters. The number of urea groups is 1. The summed E-state index contributed by atoms with van der Waals surface area (Å²) < 4.78 is 23.9. The van der Waals surface area contributed by atoms with Crippen LogP contribution in [0.15, 0.2) is 28.8 Å². The van der Waals surface area contributed by atoms with Gasteiger partial charge in [-0.05, 0) is 25.0 Å². The third-order valence-electron chi connectivity index (χ3n) is 4.31. The molecule has 8 heteroatoms. The van der Waals surface area contributed by atoms with Crippen LogP contribution >= 0.6 is 0 Å². The van der Waals surface area contributed by atoms with E-state index in [-0.39, 0.29) is 24.3 Å². The summed E-state index contributed by atoms with van der Waals surface area (Å²) in [5, 5.41) is 6.61. The van der Waals surface area contributed by atoms with Gasteiger partial charge in [-0.3, -0.25) is 0 Å². The van der Waals surface area contributed by atoms with Gasteiger partial charge in [0, 0.05) is 31.5 Å². The summed E-state index contributed by atoms with van der Waals surface area (Å²) in [6.45, 7) is 3.91. The van der Waals surface area contributed by atoms with Crippen molar-refractivity contribution in [3.05, 3.63) is 41.8 Å². The van der Waals surface area contributed by atoms with Crippen LogP contribution in [0.4, 0.5) is 9.18 Å². The molecule has 0 saturated carbocycles. The van der Waals surface area contributed by atoms with Crippen LogP contribution < -0.4 is 10.1 Å². The molecule has 2 amide bonds. The van der Waals surface area contributed by atoms with E-state index in [4.69, 9.17) is 9.26 Å². The lowest BCUT2D eigenvalue weighted by Crippen LogP contribution is -2.46. The van der Waals surface area contributed by atoms with E-state index in [0.717, 1.165) is 12.8 Å². The van der Waals surface area contributed by atoms with Crippen LogP contribution in [0.5, 0.6) is 5.75 Å². The Balaban J connectivity index is 1.45. The summed E-state index contributed by atoms with van der Waals surface area (Å²) in [6, 6.07) is 5.93. The number of halogens is 1. The molecule has 1 N–H and O–H groups in total. The highest BCUT2D eigenvalue weighted by Gasteiger charge is 2.24. The van der Waals surface area contributed by atoms with Gasteiger partial charge in [0.05, 0.1) is 13.2 Å². The molecule has 1 fully saturated rings. The maximum absolute atomic E-state index is 13.2. The number of nitrogens with one attached hydrogen (secondary N) is 1. The summed E-state index contributed by atoms with van der Waals surface area (Å²) in [4.78, 5) is 18.3. The van der Waals surface area contributed by atoms with Crippen molar-refractivity contribution in [3.63, 3.8) is 0 Å². The molecular weight excluding hydrogens is 339 g/mol. The first-order valence-corrected chi connectivity index (χ1v) is 8.86. The number of carbonyl (C=O) groups is 1. The Morgan fingerprint density at radius 3 is 3.15 bits per heavy atom. The van der Waals surface area contributed by atoms with Crippen molar-refractivity contribution >= 4 is 6.03 Å². The fraction of sp³-hybridized carbons (Fsp3) is 0.500. The zero-order valence-electron chi connectivity index (χ0n) is 14.8. The minimum Gasteiger partial charge on any atom is -0.493 e. The monoisotopic (exact) mass is 362 g/mol. The Labute approximate surface area is 151 Å². The number of aromatic nitrogens is 2. The summed E-state index contributed by atoms with van der Waals surface area (Å²) in [5.41, 5.74) is 0. The zero-order valence-corrected chi connectivity index (χ0v) is 14.8. The molecule has 0 bridgehead atoms. The number of likely N-dealkylation sites (tertiary alicyclic amines) is 1. The molecular formula is C18H23FN4O3. The van der Waals surface area contributed by atoms with Crippen molar-refractivity contribution in [1.29, 1.82) is 0 Å². The molecule has 1 aliphatic heterocycles. The second-order valence-corrected chi connectivity index (χ2v) is 6.34. The van der Waals surface area contributed by atoms with E-state index in [1.54, 1.807) is 17.0 Å². The van der Waals surface area contributed by atoms with E-state index in [0.29, 0.717) is 43.6 Å². The molecule has 0 spiro atoms. The lowest BCUT2D eigenvalue weighted by molar-refractivity contribution is 0.136. The Kier molecular flexibility index (Phi) is 6.04. The van der Waals surface area contributed by atoms with Crippen LogP contribution in [-0.2, 0) is 13.0 Å². The van der Waals surface area contributed by atoms with Gasteiger partial charge in [-0.25, -0.2) is 9.18 Å². The van der Waals surface area contributed by atoms with Crippen molar-refractivity contribution in [2.75, 3.05) is 19.7 Å². The third-order valence-corrected chi connectivity index (χ3v) is 4.31. The quantitative estimate of drug-likeness (QED) is 0.855. The van der Waals surface area contributed by atoms with Gasteiger partial charge in [0.25, 0.3) is 0 Å². The van der Waals surface area contributed by atoms with Crippen molar-refractivity contribution in [1.82, 2.24) is 20.4 Å². The Morgan fingerprint density at radius 2 is 2.38 bits per heavy atom. The maximum atomic E-state index is 13.2. The Morgan fingerprint density at radius 1 is 1.50 bits per heavy atom. The van der Waals surface area contributed by atoms with Crippen molar-refractivity contribution < 1.29 is 18.4 Å². The molecule has 1 aromatic carbocycles. The van der Waals surface area contributed by atoms with E-state index in [2.05, 4.69) is 15.5 Å². The van der Waals surface area contributed by atoms with Gasteiger partial charge >= 0.3 is 6.03 Å². The third kappa shape index (κ3) is 4.93. The van der Waals surface area contributed by atoms with E-state index < -0.39 is 0 Å². The van der Waals surface area contributed by atoms with E-state index in [1.165, 1.54) is 12.1 Å². The van der Waals surface area contributed by atoms with Crippen molar-refractivity contribution in [2.24, 2.45) is 5.92 Å². The molecule has 2 aromatic rings. The van der Waals surface area contributed by atoms with Gasteiger partial charge in [-0.2, -0.15) is 4.98 Å². The summed E-state index contributed by atoms with van der Waals surface area (Å²) in [7, 11) is 0. The van der Waals surface area contributed by atoms with Crippen LogP contribution in [0, 0.1) is 11.7 Å². The fourth-order valence-electron chi connectivity index (χ4n) is 2.93. The molecule has 7 nitrogen and oxygen atoms in total. The Hall–Kier alpha value is -2.64. The summed E-state index contributed by atoms with van der Waals surface area (Å²) >= 11 is 0. The molecule has 1 saturated heterocycles. The van der Waals surface area contributed by atoms with Gasteiger partial charge in [0.1, 0.15) is 11.6 Å². The highest BCUT2D eigenvalue weighted by Crippen LogP contribution is 2.19. The van der Waals surface area contributed by atoms with Crippen molar-refractivity contribution in [3.8, 4) is 5.75 Å². The number of benzene rings is 1. The molecule has 0 unspecified atom stereocenters. The number of ether oxygens (including phenoxy) is 1. The van der Waals surface area contributed by atoms with Gasteiger partial charge in [-0.15, -0.1) is 0 Å². The minimum atomic E-state index is -0.320. The topological polar surface area (TPSA) is 80.5 Å². The number of amides is 2. The van der Waals surface area contributed by atoms with E-state index in [9.17, 15) is 9.18 Å². The average molecular weight is 362 g/mol. The van der Waals surface area contributed by atoms with Crippen LogP contribution in [0.3, 0.4) is 0 Å². The average Bonchev–Trinajstić information content (AvgIpc) is 3.13. The molecule has 26 heavy (non-hydrogen) atoms. The lowest BCUT2D eigenvalue weighted by Gasteiger charge is -2.32. The van der Waals surface area contributed by atoms with Gasteiger partial charge in [0.2, 0.25) is 5.89 Å². The van der Waals surface area contributed by atoms with Gasteiger partial charge < -0.3 is 19.5 Å². The highest BCUT2D eigenvalue weighted by molar-refractivity contribution is 5.74. The number of rotatable bonds is 6. The second-order valence-electron chi connectivity index (χ2n) is 6.34. The molecule has 1 aliphatic rings. The first-order valence-electron chi connectivity index (χ1n) is 8.86. The molecule has 2 heterocycles. The largest absolute Gasteiger partial charge is 0.493 e. The van der Waals surface area contributed by atoms with Crippen LogP contribution in [0.25, 0.3) is 0 Å². The number of piperidine rings is 1. The van der Waals surface area contributed by atoms with Crippen LogP contribution in [-0.4, -0.2) is 40.8 Å². The normalized spacial score (nSPS) is 17.2. The number of carbonyl (C=O) groups excluding carboxylic acids is 1. The van der Waals surface area contributed by atoms with Gasteiger partial charge in [0.15, 0.2) is 5.82 Å². The number of aryl methyl sites for hydroxylation is 1. The van der Waals surface area contributed by atoms with E-state index >= 15 is 0 Å². The lowest BCUT2D eigenvalue weighted by atomic mass is 9.99. The number of hydrogen-bond acceptors (Lipinski definition) is 5. The smallest absolute Gasteiger partial charge is 0.317 e. The first kappa shape index (κ1) is 18.2. The first-order chi connectivity index (χ1) is 12.6. The molecule has 140 valence electrons. The number of nitrogens with zero attached hydrogens (tertiary/aromatic N) is 3.